The highest BCUT2D eigenvalue weighted by Crippen LogP contribution is 2.44. The van der Waals surface area contributed by atoms with Crippen LogP contribution >= 0.6 is 11.6 Å². The lowest BCUT2D eigenvalue weighted by Gasteiger charge is -2.30. The average molecular weight is 779 g/mol. The first-order chi connectivity index (χ1) is 26.4. The molecule has 1 saturated heterocycles. The van der Waals surface area contributed by atoms with E-state index in [1.54, 1.807) is 13.3 Å². The van der Waals surface area contributed by atoms with Crippen LogP contribution in [0.25, 0.3) is 22.4 Å². The third-order valence-electron chi connectivity index (χ3n) is 10.7. The van der Waals surface area contributed by atoms with E-state index < -0.39 is 29.3 Å². The summed E-state index contributed by atoms with van der Waals surface area (Å²) in [5, 5.41) is 22.3. The number of carbonyl (C=O) groups is 2. The highest BCUT2D eigenvalue weighted by molar-refractivity contribution is 6.35. The van der Waals surface area contributed by atoms with Gasteiger partial charge in [0.05, 0.1) is 36.5 Å². The number of alkyl halides is 3. The molecule has 290 valence electrons. The van der Waals surface area contributed by atoms with Crippen molar-refractivity contribution in [2.24, 2.45) is 0 Å². The van der Waals surface area contributed by atoms with Crippen molar-refractivity contribution < 1.29 is 37.3 Å². The van der Waals surface area contributed by atoms with E-state index in [0.717, 1.165) is 45.9 Å². The number of rotatable bonds is 14. The predicted octanol–water partition coefficient (Wildman–Crippen LogP) is 7.06. The van der Waals surface area contributed by atoms with Crippen LogP contribution in [0.4, 0.5) is 19.0 Å². The minimum atomic E-state index is -4.74. The summed E-state index contributed by atoms with van der Waals surface area (Å²) in [4.78, 5) is 32.1. The lowest BCUT2D eigenvalue weighted by Crippen LogP contribution is -2.38. The van der Waals surface area contributed by atoms with Gasteiger partial charge in [0.25, 0.3) is 0 Å². The summed E-state index contributed by atoms with van der Waals surface area (Å²) < 4.78 is 54.8. The largest absolute Gasteiger partial charge is 0.496 e. The van der Waals surface area contributed by atoms with E-state index in [1.807, 2.05) is 42.5 Å². The quantitative estimate of drug-likeness (QED) is 0.0902. The third kappa shape index (κ3) is 8.07. The summed E-state index contributed by atoms with van der Waals surface area (Å²) in [7, 11) is 2.93. The van der Waals surface area contributed by atoms with Gasteiger partial charge in [0.2, 0.25) is 11.8 Å². The third-order valence-corrected chi connectivity index (χ3v) is 11.1. The molecule has 3 heterocycles. The van der Waals surface area contributed by atoms with E-state index in [9.17, 15) is 27.9 Å². The molecule has 1 amide bonds. The fraction of sp³-hybridized carbons (Fsp3) is 0.400. The zero-order valence-electron chi connectivity index (χ0n) is 30.4. The first-order valence-electron chi connectivity index (χ1n) is 18.2. The van der Waals surface area contributed by atoms with Crippen molar-refractivity contribution in [1.29, 1.82) is 0 Å². The number of anilines is 1. The number of ether oxygens (including phenoxy) is 2. The van der Waals surface area contributed by atoms with E-state index >= 15 is 0 Å². The van der Waals surface area contributed by atoms with E-state index in [1.165, 1.54) is 7.11 Å². The van der Waals surface area contributed by atoms with Crippen molar-refractivity contribution in [2.45, 2.75) is 81.8 Å². The molecule has 3 aliphatic rings. The lowest BCUT2D eigenvalue weighted by molar-refractivity contribution is -0.141. The number of carboxylic acid groups (broad SMARTS) is 1. The Kier molecular flexibility index (Phi) is 10.9. The molecule has 1 saturated carbocycles. The molecule has 5 N–H and O–H groups in total. The molecule has 15 heteroatoms. The van der Waals surface area contributed by atoms with E-state index in [4.69, 9.17) is 21.1 Å². The smallest absolute Gasteiger partial charge is 0.419 e. The highest BCUT2D eigenvalue weighted by atomic mass is 35.5. The van der Waals surface area contributed by atoms with Crippen LogP contribution in [-0.2, 0) is 35.3 Å². The first kappa shape index (κ1) is 38.4. The molecule has 0 bridgehead atoms. The molecule has 55 heavy (non-hydrogen) atoms. The van der Waals surface area contributed by atoms with Crippen molar-refractivity contribution >= 4 is 29.3 Å². The number of aromatic nitrogens is 2. The number of pyridine rings is 2. The number of benzene rings is 2. The maximum atomic E-state index is 14.6. The van der Waals surface area contributed by atoms with Gasteiger partial charge in [-0.25, -0.2) is 0 Å². The Hall–Kier alpha value is -4.92. The molecule has 0 spiro atoms. The lowest BCUT2D eigenvalue weighted by atomic mass is 9.83. The van der Waals surface area contributed by atoms with Gasteiger partial charge in [0, 0.05) is 60.5 Å². The Morgan fingerprint density at radius 1 is 1.04 bits per heavy atom. The Bertz CT molecular complexity index is 2110. The van der Waals surface area contributed by atoms with Crippen molar-refractivity contribution in [1.82, 2.24) is 25.9 Å². The maximum absolute atomic E-state index is 14.6. The molecule has 0 radical (unpaired) electrons. The van der Waals surface area contributed by atoms with E-state index in [2.05, 4.69) is 31.2 Å². The molecule has 2 atom stereocenters. The minimum absolute atomic E-state index is 0.0231. The minimum Gasteiger partial charge on any atom is -0.496 e. The molecule has 2 aliphatic carbocycles. The zero-order chi connectivity index (χ0) is 38.9. The van der Waals surface area contributed by atoms with E-state index in [0.29, 0.717) is 68.1 Å². The second-order valence-electron chi connectivity index (χ2n) is 14.2. The number of hydrogen-bond acceptors (Lipinski definition) is 9. The van der Waals surface area contributed by atoms with Gasteiger partial charge in [0.15, 0.2) is 0 Å². The molecular weight excluding hydrogens is 737 g/mol. The average Bonchev–Trinajstić information content (AvgIpc) is 3.86. The van der Waals surface area contributed by atoms with Gasteiger partial charge in [-0.1, -0.05) is 41.9 Å². The van der Waals surface area contributed by atoms with Crippen LogP contribution in [0.5, 0.6) is 11.6 Å². The number of nitrogens with one attached hydrogen (secondary N) is 4. The van der Waals surface area contributed by atoms with E-state index in [-0.39, 0.29) is 35.8 Å². The second-order valence-corrected chi connectivity index (χ2v) is 14.6. The fourth-order valence-electron chi connectivity index (χ4n) is 7.54. The molecule has 11 nitrogen and oxygen atoms in total. The normalized spacial score (nSPS) is 18.7. The van der Waals surface area contributed by atoms with Gasteiger partial charge < -0.3 is 30.5 Å². The van der Waals surface area contributed by atoms with Crippen LogP contribution < -0.4 is 30.7 Å². The molecule has 2 aromatic heterocycles. The Morgan fingerprint density at radius 2 is 1.85 bits per heavy atom. The topological polar surface area (TPSA) is 147 Å². The summed E-state index contributed by atoms with van der Waals surface area (Å²) in [6.07, 6.45) is 1.04. The van der Waals surface area contributed by atoms with Gasteiger partial charge in [0.1, 0.15) is 17.1 Å². The second kappa shape index (κ2) is 15.7. The van der Waals surface area contributed by atoms with Crippen LogP contribution in [0.1, 0.15) is 72.4 Å². The number of hydrogen-bond donors (Lipinski definition) is 5. The van der Waals surface area contributed by atoms with Gasteiger partial charge >= 0.3 is 12.1 Å². The van der Waals surface area contributed by atoms with Crippen LogP contribution in [0.15, 0.2) is 54.7 Å². The maximum Gasteiger partial charge on any atom is 0.419 e. The molecule has 7 rings (SSSR count). The zero-order valence-corrected chi connectivity index (χ0v) is 31.2. The molecular formula is C40H42ClF3N6O5. The number of carboxylic acids is 1. The summed E-state index contributed by atoms with van der Waals surface area (Å²) in [6.45, 7) is 1.05. The van der Waals surface area contributed by atoms with Gasteiger partial charge in [-0.2, -0.15) is 18.2 Å². The molecule has 1 unspecified atom stereocenters. The van der Waals surface area contributed by atoms with Crippen molar-refractivity contribution in [3.8, 4) is 34.0 Å². The number of methoxy groups -OCH3 is 2. The number of amides is 1. The van der Waals surface area contributed by atoms with Crippen molar-refractivity contribution in [2.75, 3.05) is 26.1 Å². The Balaban J connectivity index is 1.15. The number of nitrogens with zero attached hydrogens (tertiary/aromatic N) is 2. The highest BCUT2D eigenvalue weighted by Gasteiger charge is 2.50. The fourth-order valence-corrected chi connectivity index (χ4v) is 7.86. The van der Waals surface area contributed by atoms with Crippen LogP contribution in [-0.4, -0.2) is 59.3 Å². The van der Waals surface area contributed by atoms with Crippen molar-refractivity contribution in [3.63, 3.8) is 0 Å². The SMILES string of the molecule is COc1cc(-c2nccc(-c3cccc4c3CCC[C@H]4Nc3nc(OC)c(CNC4(C(=O)O)CC4)cc3C(F)(F)F)c2Cl)ccc1CNCC1CCC(=O)N1. The van der Waals surface area contributed by atoms with Crippen LogP contribution in [0, 0.1) is 0 Å². The Labute approximate surface area is 321 Å². The number of halogens is 4. The molecule has 2 aromatic carbocycles. The summed E-state index contributed by atoms with van der Waals surface area (Å²) >= 11 is 7.13. The van der Waals surface area contributed by atoms with Gasteiger partial charge in [-0.3, -0.25) is 19.9 Å². The molecule has 2 fully saturated rings. The summed E-state index contributed by atoms with van der Waals surface area (Å²) in [5.41, 5.74) is 3.67. The summed E-state index contributed by atoms with van der Waals surface area (Å²) in [6, 6.07) is 14.0. The number of fused-ring (bicyclic) bond motifs is 1. The molecule has 4 aromatic rings. The van der Waals surface area contributed by atoms with Crippen LogP contribution in [0.3, 0.4) is 0 Å². The molecule has 1 aliphatic heterocycles. The number of aliphatic carboxylic acids is 1. The van der Waals surface area contributed by atoms with Gasteiger partial charge in [-0.05, 0) is 73.4 Å². The van der Waals surface area contributed by atoms with Crippen molar-refractivity contribution in [3.05, 3.63) is 87.6 Å². The summed E-state index contributed by atoms with van der Waals surface area (Å²) in [5.74, 6) is -0.692. The first-order valence-corrected chi connectivity index (χ1v) is 18.6. The predicted molar refractivity (Wildman–Crippen MR) is 201 cm³/mol. The standard InChI is InChI=1S/C40H42ClF3N6O5/c1-54-32-18-22(9-10-23(32)19-45-21-25-11-12-33(51)48-25)35-34(41)29(13-16-46-35)27-5-3-7-28-26(27)6-4-8-31(28)49-36-30(40(42,43)44)17-24(37(50-36)55-2)20-47-39(14-15-39)38(52)53/h3,5,7,9-10,13,16-18,25,31,45,47H,4,6,8,11-12,14-15,19-21H2,1-2H3,(H,48,51)(H,49,50)(H,52,53)/t25?,31-/m1/s1. The van der Waals surface area contributed by atoms with Gasteiger partial charge in [-0.15, -0.1) is 0 Å². The number of carbonyl (C=O) groups excluding carboxylic acids is 1. The monoisotopic (exact) mass is 778 g/mol. The Morgan fingerprint density at radius 3 is 2.55 bits per heavy atom. The van der Waals surface area contributed by atoms with Crippen LogP contribution in [0.2, 0.25) is 5.02 Å².